The Morgan fingerprint density at radius 1 is 1.25 bits per heavy atom. The first kappa shape index (κ1) is 22.3. The number of hydrogen-bond donors (Lipinski definition) is 1. The zero-order valence-electron chi connectivity index (χ0n) is 17.6. The van der Waals surface area contributed by atoms with Crippen LogP contribution in [-0.2, 0) is 11.3 Å². The third-order valence-electron chi connectivity index (χ3n) is 5.45. The second kappa shape index (κ2) is 9.30. The molecule has 2 atom stereocenters. The second-order valence-corrected chi connectivity index (χ2v) is 9.05. The quantitative estimate of drug-likeness (QED) is 0.276. The Balaban J connectivity index is 1.39. The van der Waals surface area contributed by atoms with E-state index in [1.54, 1.807) is 0 Å². The summed E-state index contributed by atoms with van der Waals surface area (Å²) in [6, 6.07) is 12.8. The summed E-state index contributed by atoms with van der Waals surface area (Å²) in [6.07, 6.45) is 1.04. The minimum atomic E-state index is -0.584. The van der Waals surface area contributed by atoms with Crippen LogP contribution in [0.25, 0.3) is 0 Å². The number of amides is 1. The van der Waals surface area contributed by atoms with Gasteiger partial charge in [0.15, 0.2) is 5.16 Å². The summed E-state index contributed by atoms with van der Waals surface area (Å²) < 4.78 is 2.06. The van der Waals surface area contributed by atoms with E-state index in [0.29, 0.717) is 29.2 Å². The number of benzene rings is 2. The third-order valence-corrected chi connectivity index (χ3v) is 6.73. The van der Waals surface area contributed by atoms with Crippen LogP contribution in [0.15, 0.2) is 47.6 Å². The number of halogens is 1. The monoisotopic (exact) mass is 471 g/mol. The van der Waals surface area contributed by atoms with Gasteiger partial charge in [-0.05, 0) is 43.9 Å². The van der Waals surface area contributed by atoms with Crippen molar-refractivity contribution in [1.82, 2.24) is 14.8 Å². The van der Waals surface area contributed by atoms with E-state index in [9.17, 15) is 14.9 Å². The molecule has 1 aromatic heterocycles. The van der Waals surface area contributed by atoms with E-state index in [2.05, 4.69) is 51.3 Å². The lowest BCUT2D eigenvalue weighted by Gasteiger charge is -2.08. The fourth-order valence-electron chi connectivity index (χ4n) is 3.70. The van der Waals surface area contributed by atoms with Crippen LogP contribution < -0.4 is 5.32 Å². The van der Waals surface area contributed by atoms with Crippen LogP contribution in [0.4, 0.5) is 11.4 Å². The van der Waals surface area contributed by atoms with E-state index < -0.39 is 4.92 Å². The van der Waals surface area contributed by atoms with Gasteiger partial charge in [0.25, 0.3) is 5.69 Å². The number of nitrogens with zero attached hydrogens (tertiary/aromatic N) is 4. The van der Waals surface area contributed by atoms with Crippen LogP contribution in [0, 0.1) is 17.0 Å². The van der Waals surface area contributed by atoms with Crippen LogP contribution in [0.5, 0.6) is 0 Å². The smallest absolute Gasteiger partial charge is 0.289 e. The molecule has 10 heteroatoms. The molecule has 32 heavy (non-hydrogen) atoms. The first-order valence-electron chi connectivity index (χ1n) is 10.2. The molecule has 3 aromatic rings. The van der Waals surface area contributed by atoms with Gasteiger partial charge in [0.2, 0.25) is 5.91 Å². The van der Waals surface area contributed by atoms with Gasteiger partial charge in [-0.25, -0.2) is 0 Å². The molecular formula is C22H22ClN5O3S. The average Bonchev–Trinajstić information content (AvgIpc) is 3.45. The number of aryl methyl sites for hydroxylation is 1. The summed E-state index contributed by atoms with van der Waals surface area (Å²) in [5.41, 5.74) is 2.63. The molecule has 4 rings (SSSR count). The van der Waals surface area contributed by atoms with Crippen molar-refractivity contribution in [1.29, 1.82) is 0 Å². The molecule has 0 saturated heterocycles. The summed E-state index contributed by atoms with van der Waals surface area (Å²) in [7, 11) is 0. The van der Waals surface area contributed by atoms with E-state index >= 15 is 0 Å². The molecule has 1 amide bonds. The van der Waals surface area contributed by atoms with E-state index in [1.807, 2.05) is 6.92 Å². The van der Waals surface area contributed by atoms with Crippen molar-refractivity contribution in [3.05, 3.63) is 74.6 Å². The van der Waals surface area contributed by atoms with Crippen LogP contribution in [0.3, 0.4) is 0 Å². The van der Waals surface area contributed by atoms with Gasteiger partial charge in [-0.15, -0.1) is 10.2 Å². The van der Waals surface area contributed by atoms with Crippen molar-refractivity contribution in [2.24, 2.45) is 0 Å². The summed E-state index contributed by atoms with van der Waals surface area (Å²) in [4.78, 5) is 22.8. The molecule has 1 fully saturated rings. The molecule has 2 aromatic carbocycles. The maximum atomic E-state index is 12.4. The van der Waals surface area contributed by atoms with Crippen molar-refractivity contribution in [2.45, 2.75) is 43.8 Å². The van der Waals surface area contributed by atoms with Gasteiger partial charge in [0.05, 0.1) is 10.7 Å². The number of rotatable bonds is 8. The lowest BCUT2D eigenvalue weighted by Crippen LogP contribution is -2.15. The van der Waals surface area contributed by atoms with Crippen molar-refractivity contribution in [3.63, 3.8) is 0 Å². The lowest BCUT2D eigenvalue weighted by atomic mass is 10.1. The van der Waals surface area contributed by atoms with Crippen LogP contribution in [-0.4, -0.2) is 31.3 Å². The van der Waals surface area contributed by atoms with Crippen molar-refractivity contribution in [3.8, 4) is 0 Å². The first-order chi connectivity index (χ1) is 15.4. The Bertz CT molecular complexity index is 1160. The standard InChI is InChI=1S/C22H22ClN5O3S/c1-3-27-21(17-11-16(17)14-6-4-13(2)5-7-14)25-26-22(27)32-12-20(29)24-15-8-9-18(23)19(10-15)28(30)31/h4-10,16-17H,3,11-12H2,1-2H3,(H,24,29)/t16-,17+/m1/s1. The van der Waals surface area contributed by atoms with Gasteiger partial charge < -0.3 is 9.88 Å². The van der Waals surface area contributed by atoms with E-state index in [4.69, 9.17) is 11.6 Å². The Hall–Kier alpha value is -2.91. The zero-order valence-corrected chi connectivity index (χ0v) is 19.2. The number of carbonyl (C=O) groups excluding carboxylic acids is 1. The van der Waals surface area contributed by atoms with Gasteiger partial charge in [-0.1, -0.05) is 53.2 Å². The lowest BCUT2D eigenvalue weighted by molar-refractivity contribution is -0.384. The van der Waals surface area contributed by atoms with Gasteiger partial charge in [-0.2, -0.15) is 0 Å². The summed E-state index contributed by atoms with van der Waals surface area (Å²) in [5, 5.41) is 23.1. The zero-order chi connectivity index (χ0) is 22.8. The van der Waals surface area contributed by atoms with Crippen LogP contribution >= 0.6 is 23.4 Å². The Kier molecular flexibility index (Phi) is 6.48. The molecule has 0 spiro atoms. The molecule has 1 N–H and O–H groups in total. The Labute approximate surface area is 194 Å². The van der Waals surface area contributed by atoms with E-state index in [-0.39, 0.29) is 22.4 Å². The maximum absolute atomic E-state index is 12.4. The van der Waals surface area contributed by atoms with Crippen molar-refractivity contribution in [2.75, 3.05) is 11.1 Å². The summed E-state index contributed by atoms with van der Waals surface area (Å²) in [5.74, 6) is 1.56. The Morgan fingerprint density at radius 3 is 2.69 bits per heavy atom. The van der Waals surface area contributed by atoms with Crippen molar-refractivity contribution < 1.29 is 9.72 Å². The number of carbonyl (C=O) groups is 1. The molecule has 8 nitrogen and oxygen atoms in total. The average molecular weight is 472 g/mol. The molecule has 166 valence electrons. The molecule has 0 radical (unpaired) electrons. The highest BCUT2D eigenvalue weighted by Gasteiger charge is 2.43. The predicted octanol–water partition coefficient (Wildman–Crippen LogP) is 5.17. The van der Waals surface area contributed by atoms with Gasteiger partial charge >= 0.3 is 0 Å². The summed E-state index contributed by atoms with van der Waals surface area (Å²) in [6.45, 7) is 4.83. The number of hydrogen-bond acceptors (Lipinski definition) is 6. The van der Waals surface area contributed by atoms with Gasteiger partial charge in [0.1, 0.15) is 10.8 Å². The van der Waals surface area contributed by atoms with Gasteiger partial charge in [-0.3, -0.25) is 14.9 Å². The number of aromatic nitrogens is 3. The molecule has 1 heterocycles. The molecule has 1 aliphatic carbocycles. The number of nitro benzene ring substituents is 1. The largest absolute Gasteiger partial charge is 0.325 e. The van der Waals surface area contributed by atoms with E-state index in [0.717, 1.165) is 12.2 Å². The van der Waals surface area contributed by atoms with Crippen LogP contribution in [0.1, 0.15) is 42.1 Å². The molecule has 0 aliphatic heterocycles. The molecule has 1 aliphatic rings. The molecule has 1 saturated carbocycles. The number of nitro groups is 1. The Morgan fingerprint density at radius 2 is 2.00 bits per heavy atom. The number of nitrogens with one attached hydrogen (secondary N) is 1. The van der Waals surface area contributed by atoms with Crippen molar-refractivity contribution >= 4 is 40.6 Å². The highest BCUT2D eigenvalue weighted by Crippen LogP contribution is 2.54. The molecule has 0 unspecified atom stereocenters. The second-order valence-electron chi connectivity index (χ2n) is 7.70. The topological polar surface area (TPSA) is 103 Å². The first-order valence-corrected chi connectivity index (χ1v) is 11.6. The predicted molar refractivity (Wildman–Crippen MR) is 124 cm³/mol. The minimum Gasteiger partial charge on any atom is -0.325 e. The normalized spacial score (nSPS) is 17.2. The van der Waals surface area contributed by atoms with Gasteiger partial charge in [0, 0.05) is 24.2 Å². The van der Waals surface area contributed by atoms with Crippen LogP contribution in [0.2, 0.25) is 5.02 Å². The summed E-state index contributed by atoms with van der Waals surface area (Å²) >= 11 is 7.11. The fraction of sp³-hybridized carbons (Fsp3) is 0.318. The number of anilines is 1. The SMILES string of the molecule is CCn1c(SCC(=O)Nc2ccc(Cl)c([N+](=O)[O-])c2)nnc1[C@H]1C[C@@H]1c1ccc(C)cc1. The number of thioether (sulfide) groups is 1. The highest BCUT2D eigenvalue weighted by molar-refractivity contribution is 7.99. The molecular weight excluding hydrogens is 450 g/mol. The van der Waals surface area contributed by atoms with E-state index in [1.165, 1.54) is 41.1 Å². The maximum Gasteiger partial charge on any atom is 0.289 e. The fourth-order valence-corrected chi connectivity index (χ4v) is 4.69. The molecule has 0 bridgehead atoms. The third kappa shape index (κ3) is 4.78. The highest BCUT2D eigenvalue weighted by atomic mass is 35.5. The minimum absolute atomic E-state index is 0.0231.